The van der Waals surface area contributed by atoms with Gasteiger partial charge < -0.3 is 9.74 Å². The quantitative estimate of drug-likeness (QED) is 0.524. The minimum Gasteiger partial charge on any atom is -0.402 e. The van der Waals surface area contributed by atoms with Gasteiger partial charge in [-0.05, 0) is 39.6 Å². The Bertz CT molecular complexity index is 512. The molecule has 0 fully saturated rings. The predicted molar refractivity (Wildman–Crippen MR) is 84.2 cm³/mol. The van der Waals surface area contributed by atoms with Crippen LogP contribution in [0, 0.1) is 11.8 Å². The average Bonchev–Trinajstić information content (AvgIpc) is 2.24. The second kappa shape index (κ2) is 5.95. The van der Waals surface area contributed by atoms with Crippen molar-refractivity contribution in [3.63, 3.8) is 0 Å². The fourth-order valence-corrected chi connectivity index (χ4v) is 3.49. The molecule has 0 atom stereocenters. The first-order chi connectivity index (χ1) is 8.63. The van der Waals surface area contributed by atoms with Crippen LogP contribution < -0.4 is 5.32 Å². The van der Waals surface area contributed by atoms with Crippen molar-refractivity contribution in [3.8, 4) is 11.8 Å². The molecule has 104 valence electrons. The Balaban J connectivity index is 3.00. The maximum absolute atomic E-state index is 6.04. The Hall–Kier alpha value is -1.02. The van der Waals surface area contributed by atoms with Gasteiger partial charge >= 0.3 is 0 Å². The largest absolute Gasteiger partial charge is 0.402 e. The summed E-state index contributed by atoms with van der Waals surface area (Å²) in [5.74, 6) is 6.28. The number of aromatic nitrogens is 1. The molecule has 0 saturated carbocycles. The fourth-order valence-electron chi connectivity index (χ4n) is 1.75. The van der Waals surface area contributed by atoms with Gasteiger partial charge in [-0.2, -0.15) is 0 Å². The minimum atomic E-state index is -1.62. The Morgan fingerprint density at radius 1 is 1.37 bits per heavy atom. The van der Waals surface area contributed by atoms with Crippen molar-refractivity contribution in [1.29, 1.82) is 0 Å². The Labute approximate surface area is 121 Å². The van der Waals surface area contributed by atoms with Crippen LogP contribution in [0.2, 0.25) is 24.8 Å². The molecule has 1 aromatic heterocycles. The van der Waals surface area contributed by atoms with Crippen molar-refractivity contribution in [3.05, 3.63) is 23.0 Å². The standard InChI is InChI=1S/C14H21ClN2OSi/c1-14(2,18-19(4,5)6)8-7-11-10-17-13(15)9-12(11)16-3/h9-10H,1-6H3,(H,16,17). The van der Waals surface area contributed by atoms with Gasteiger partial charge in [0.2, 0.25) is 0 Å². The van der Waals surface area contributed by atoms with Crippen molar-refractivity contribution in [2.75, 3.05) is 12.4 Å². The molecule has 0 aromatic carbocycles. The van der Waals surface area contributed by atoms with E-state index in [4.69, 9.17) is 16.0 Å². The molecule has 0 spiro atoms. The van der Waals surface area contributed by atoms with Crippen LogP contribution in [-0.2, 0) is 4.43 Å². The minimum absolute atomic E-state index is 0.451. The first-order valence-electron chi connectivity index (χ1n) is 6.20. The molecule has 0 unspecified atom stereocenters. The monoisotopic (exact) mass is 296 g/mol. The van der Waals surface area contributed by atoms with Crippen LogP contribution in [0.25, 0.3) is 0 Å². The molecule has 0 radical (unpaired) electrons. The number of nitrogens with zero attached hydrogens (tertiary/aromatic N) is 1. The summed E-state index contributed by atoms with van der Waals surface area (Å²) in [5, 5.41) is 3.51. The topological polar surface area (TPSA) is 34.2 Å². The summed E-state index contributed by atoms with van der Waals surface area (Å²) in [6, 6.07) is 1.76. The first kappa shape index (κ1) is 16.0. The molecule has 0 saturated heterocycles. The molecule has 0 bridgehead atoms. The lowest BCUT2D eigenvalue weighted by molar-refractivity contribution is 0.164. The van der Waals surface area contributed by atoms with E-state index < -0.39 is 13.9 Å². The summed E-state index contributed by atoms with van der Waals surface area (Å²) >= 11 is 5.85. The van der Waals surface area contributed by atoms with E-state index in [2.05, 4.69) is 41.8 Å². The number of nitrogens with one attached hydrogen (secondary N) is 1. The third kappa shape index (κ3) is 5.64. The molecular weight excluding hydrogens is 276 g/mol. The number of hydrogen-bond donors (Lipinski definition) is 1. The molecule has 1 rings (SSSR count). The number of halogens is 1. The second-order valence-electron chi connectivity index (χ2n) is 5.78. The van der Waals surface area contributed by atoms with Gasteiger partial charge in [-0.15, -0.1) is 0 Å². The number of rotatable bonds is 3. The lowest BCUT2D eigenvalue weighted by Crippen LogP contribution is -2.37. The van der Waals surface area contributed by atoms with E-state index in [-0.39, 0.29) is 0 Å². The first-order valence-corrected chi connectivity index (χ1v) is 9.98. The van der Waals surface area contributed by atoms with Crippen molar-refractivity contribution in [2.24, 2.45) is 0 Å². The SMILES string of the molecule is CNc1cc(Cl)ncc1C#CC(C)(C)O[Si](C)(C)C. The van der Waals surface area contributed by atoms with Crippen LogP contribution >= 0.6 is 11.6 Å². The van der Waals surface area contributed by atoms with E-state index in [1.54, 1.807) is 12.3 Å². The van der Waals surface area contributed by atoms with E-state index >= 15 is 0 Å². The van der Waals surface area contributed by atoms with Crippen molar-refractivity contribution < 1.29 is 4.43 Å². The van der Waals surface area contributed by atoms with Crippen LogP contribution in [0.15, 0.2) is 12.3 Å². The number of anilines is 1. The van der Waals surface area contributed by atoms with Crippen LogP contribution in [0.1, 0.15) is 19.4 Å². The highest BCUT2D eigenvalue weighted by Crippen LogP contribution is 2.19. The molecule has 0 aliphatic rings. The fraction of sp³-hybridized carbons (Fsp3) is 0.500. The van der Waals surface area contributed by atoms with E-state index in [9.17, 15) is 0 Å². The van der Waals surface area contributed by atoms with E-state index in [0.717, 1.165) is 11.3 Å². The summed E-state index contributed by atoms with van der Waals surface area (Å²) < 4.78 is 6.04. The van der Waals surface area contributed by atoms with Gasteiger partial charge in [-0.25, -0.2) is 4.98 Å². The summed E-state index contributed by atoms with van der Waals surface area (Å²) in [5.41, 5.74) is 1.23. The van der Waals surface area contributed by atoms with E-state index in [0.29, 0.717) is 5.15 Å². The molecule has 0 aliphatic carbocycles. The molecule has 3 nitrogen and oxygen atoms in total. The molecule has 0 aliphatic heterocycles. The highest BCUT2D eigenvalue weighted by Gasteiger charge is 2.25. The Morgan fingerprint density at radius 3 is 2.53 bits per heavy atom. The Kier molecular flexibility index (Phi) is 5.02. The average molecular weight is 297 g/mol. The maximum Gasteiger partial charge on any atom is 0.185 e. The zero-order valence-corrected chi connectivity index (χ0v) is 14.1. The summed E-state index contributed by atoms with van der Waals surface area (Å²) in [4.78, 5) is 4.05. The van der Waals surface area contributed by atoms with Crippen LogP contribution in [0.4, 0.5) is 5.69 Å². The molecule has 1 aromatic rings. The van der Waals surface area contributed by atoms with Gasteiger partial charge in [-0.3, -0.25) is 0 Å². The summed E-state index contributed by atoms with van der Waals surface area (Å²) in [6.45, 7) is 10.4. The molecule has 5 heteroatoms. The van der Waals surface area contributed by atoms with Crippen molar-refractivity contribution in [2.45, 2.75) is 39.1 Å². The molecule has 19 heavy (non-hydrogen) atoms. The maximum atomic E-state index is 6.04. The summed E-state index contributed by atoms with van der Waals surface area (Å²) in [7, 11) is 0.217. The number of pyridine rings is 1. The lowest BCUT2D eigenvalue weighted by atomic mass is 10.1. The molecular formula is C14H21ClN2OSi. The number of hydrogen-bond acceptors (Lipinski definition) is 3. The highest BCUT2D eigenvalue weighted by molar-refractivity contribution is 6.69. The van der Waals surface area contributed by atoms with E-state index in [1.807, 2.05) is 20.9 Å². The van der Waals surface area contributed by atoms with Crippen molar-refractivity contribution >= 4 is 25.6 Å². The zero-order valence-electron chi connectivity index (χ0n) is 12.4. The third-order valence-electron chi connectivity index (χ3n) is 2.20. The Morgan fingerprint density at radius 2 is 2.00 bits per heavy atom. The van der Waals surface area contributed by atoms with Gasteiger partial charge in [0.15, 0.2) is 8.32 Å². The second-order valence-corrected chi connectivity index (χ2v) is 10.6. The van der Waals surface area contributed by atoms with Gasteiger partial charge in [0.05, 0.1) is 11.3 Å². The smallest absolute Gasteiger partial charge is 0.185 e. The van der Waals surface area contributed by atoms with E-state index in [1.165, 1.54) is 0 Å². The molecule has 1 N–H and O–H groups in total. The normalized spacial score (nSPS) is 11.7. The lowest BCUT2D eigenvalue weighted by Gasteiger charge is -2.28. The molecule has 0 amide bonds. The van der Waals surface area contributed by atoms with Crippen LogP contribution in [0.3, 0.4) is 0 Å². The zero-order chi connectivity index (χ0) is 14.7. The predicted octanol–water partition coefficient (Wildman–Crippen LogP) is 3.76. The highest BCUT2D eigenvalue weighted by atomic mass is 35.5. The summed E-state index contributed by atoms with van der Waals surface area (Å²) in [6.07, 6.45) is 1.67. The van der Waals surface area contributed by atoms with Gasteiger partial charge in [-0.1, -0.05) is 23.4 Å². The third-order valence-corrected chi connectivity index (χ3v) is 3.53. The van der Waals surface area contributed by atoms with Crippen LogP contribution in [0.5, 0.6) is 0 Å². The van der Waals surface area contributed by atoms with Crippen molar-refractivity contribution in [1.82, 2.24) is 4.98 Å². The van der Waals surface area contributed by atoms with Gasteiger partial charge in [0.1, 0.15) is 10.8 Å². The van der Waals surface area contributed by atoms with Crippen LogP contribution in [-0.4, -0.2) is 26.0 Å². The van der Waals surface area contributed by atoms with Gasteiger partial charge in [0, 0.05) is 13.2 Å². The molecule has 1 heterocycles. The van der Waals surface area contributed by atoms with Gasteiger partial charge in [0.25, 0.3) is 0 Å².